The van der Waals surface area contributed by atoms with Gasteiger partial charge in [-0.2, -0.15) is 0 Å². The van der Waals surface area contributed by atoms with Crippen molar-refractivity contribution in [2.45, 2.75) is 38.5 Å². The first-order chi connectivity index (χ1) is 30.3. The van der Waals surface area contributed by atoms with Gasteiger partial charge in [0.25, 0.3) is 0 Å². The Kier molecular flexibility index (Phi) is 7.16. The third kappa shape index (κ3) is 4.81. The van der Waals surface area contributed by atoms with Gasteiger partial charge in [-0.05, 0) is 133 Å². The fourth-order valence-corrected chi connectivity index (χ4v) is 11.4. The molecule has 294 valence electrons. The number of nitrogens with zero attached hydrogens (tertiary/aromatic N) is 2. The summed E-state index contributed by atoms with van der Waals surface area (Å²) >= 11 is 0. The molecule has 0 unspecified atom stereocenters. The van der Waals surface area contributed by atoms with Gasteiger partial charge < -0.3 is 9.13 Å². The third-order valence-electron chi connectivity index (χ3n) is 14.5. The van der Waals surface area contributed by atoms with Crippen LogP contribution in [0.5, 0.6) is 0 Å². The lowest BCUT2D eigenvalue weighted by Crippen LogP contribution is -2.15. The Morgan fingerprint density at radius 2 is 0.661 bits per heavy atom. The molecule has 0 fully saturated rings. The molecule has 62 heavy (non-hydrogen) atoms. The molecule has 0 N–H and O–H groups in total. The van der Waals surface area contributed by atoms with Gasteiger partial charge in [0.15, 0.2) is 0 Å². The van der Waals surface area contributed by atoms with Crippen LogP contribution in [0.1, 0.15) is 49.9 Å². The Balaban J connectivity index is 0.984. The highest BCUT2D eigenvalue weighted by molar-refractivity contribution is 6.13. The van der Waals surface area contributed by atoms with E-state index < -0.39 is 0 Å². The van der Waals surface area contributed by atoms with E-state index in [1.54, 1.807) is 0 Å². The highest BCUT2D eigenvalue weighted by atomic mass is 15.0. The predicted molar refractivity (Wildman–Crippen MR) is 261 cm³/mol. The normalized spacial score (nSPS) is 14.4. The van der Waals surface area contributed by atoms with E-state index in [4.69, 9.17) is 0 Å². The lowest BCUT2D eigenvalue weighted by molar-refractivity contribution is 0.660. The quantitative estimate of drug-likeness (QED) is 0.168. The van der Waals surface area contributed by atoms with Crippen molar-refractivity contribution in [1.82, 2.24) is 9.13 Å². The molecule has 2 aliphatic rings. The molecule has 2 heteroatoms. The monoisotopic (exact) mass is 792 g/mol. The fraction of sp³-hybridized carbons (Fsp3) is 0.100. The number of fused-ring (bicyclic) bond motifs is 12. The van der Waals surface area contributed by atoms with Crippen molar-refractivity contribution in [2.75, 3.05) is 0 Å². The number of aromatic nitrogens is 2. The molecule has 0 radical (unpaired) electrons. The Bertz CT molecular complexity index is 3680. The van der Waals surface area contributed by atoms with Gasteiger partial charge >= 0.3 is 0 Å². The second kappa shape index (κ2) is 12.6. The standard InChI is InChI=1S/C60H44N2/c1-59(2)51-19-11-8-16-43(51)45-27-25-41(35-53(45)59)61-55-21-13-10-18-47(55)48-33-39(23-30-56(48)61)40-24-31-58-50(34-40)49-32-38(37-14-6-5-7-15-37)22-29-57(49)62(58)42-26-28-46-44-17-9-12-20-52(44)60(3,4)54(46)36-42/h5-36H,1-4H3. The van der Waals surface area contributed by atoms with Crippen LogP contribution in [0.3, 0.4) is 0 Å². The topological polar surface area (TPSA) is 9.86 Å². The van der Waals surface area contributed by atoms with Gasteiger partial charge in [0.2, 0.25) is 0 Å². The van der Waals surface area contributed by atoms with E-state index in [0.717, 1.165) is 0 Å². The van der Waals surface area contributed by atoms with Crippen molar-refractivity contribution in [1.29, 1.82) is 0 Å². The van der Waals surface area contributed by atoms with E-state index in [0.29, 0.717) is 0 Å². The molecule has 0 atom stereocenters. The summed E-state index contributed by atoms with van der Waals surface area (Å²) in [5.41, 5.74) is 22.9. The highest BCUT2D eigenvalue weighted by Gasteiger charge is 2.37. The van der Waals surface area contributed by atoms with Gasteiger partial charge in [0.1, 0.15) is 0 Å². The van der Waals surface area contributed by atoms with E-state index in [-0.39, 0.29) is 10.8 Å². The summed E-state index contributed by atoms with van der Waals surface area (Å²) < 4.78 is 4.95. The maximum Gasteiger partial charge on any atom is 0.0541 e. The largest absolute Gasteiger partial charge is 0.309 e. The maximum absolute atomic E-state index is 2.48. The van der Waals surface area contributed by atoms with Gasteiger partial charge in [-0.25, -0.2) is 0 Å². The molecule has 2 heterocycles. The van der Waals surface area contributed by atoms with Crippen LogP contribution in [-0.4, -0.2) is 9.13 Å². The Hall–Kier alpha value is -7.42. The highest BCUT2D eigenvalue weighted by Crippen LogP contribution is 2.51. The summed E-state index contributed by atoms with van der Waals surface area (Å²) in [5.74, 6) is 0. The Labute approximate surface area is 362 Å². The zero-order valence-corrected chi connectivity index (χ0v) is 35.4. The molecule has 9 aromatic carbocycles. The zero-order chi connectivity index (χ0) is 41.5. The van der Waals surface area contributed by atoms with Gasteiger partial charge in [-0.3, -0.25) is 0 Å². The lowest BCUT2D eigenvalue weighted by atomic mass is 9.82. The molecule has 0 spiro atoms. The molecule has 2 aromatic heterocycles. The molecule has 0 saturated heterocycles. The number of hydrogen-bond acceptors (Lipinski definition) is 0. The maximum atomic E-state index is 2.48. The smallest absolute Gasteiger partial charge is 0.0541 e. The van der Waals surface area contributed by atoms with Crippen molar-refractivity contribution in [3.8, 4) is 55.9 Å². The molecule has 0 aliphatic heterocycles. The summed E-state index contributed by atoms with van der Waals surface area (Å²) in [6.07, 6.45) is 0. The minimum Gasteiger partial charge on any atom is -0.309 e. The first kappa shape index (κ1) is 35.3. The van der Waals surface area contributed by atoms with Crippen LogP contribution in [0.15, 0.2) is 194 Å². The van der Waals surface area contributed by atoms with Crippen molar-refractivity contribution in [2.24, 2.45) is 0 Å². The average molecular weight is 793 g/mol. The first-order valence-corrected chi connectivity index (χ1v) is 21.9. The fourth-order valence-electron chi connectivity index (χ4n) is 11.4. The van der Waals surface area contributed by atoms with Gasteiger partial charge in [0.05, 0.1) is 22.1 Å². The summed E-state index contributed by atoms with van der Waals surface area (Å²) in [6, 6.07) is 72.8. The second-order valence-corrected chi connectivity index (χ2v) is 18.6. The van der Waals surface area contributed by atoms with Crippen molar-refractivity contribution >= 4 is 43.6 Å². The van der Waals surface area contributed by atoms with Crippen molar-refractivity contribution < 1.29 is 0 Å². The van der Waals surface area contributed by atoms with Crippen LogP contribution in [0.25, 0.3) is 99.5 Å². The second-order valence-electron chi connectivity index (χ2n) is 18.6. The van der Waals surface area contributed by atoms with Crippen LogP contribution in [0, 0.1) is 0 Å². The molecule has 0 amide bonds. The molecule has 13 rings (SSSR count). The molecule has 0 saturated carbocycles. The Morgan fingerprint density at radius 3 is 1.18 bits per heavy atom. The van der Waals surface area contributed by atoms with Crippen LogP contribution in [0.4, 0.5) is 0 Å². The van der Waals surface area contributed by atoms with E-state index in [1.165, 1.54) is 122 Å². The van der Waals surface area contributed by atoms with Gasteiger partial charge in [-0.15, -0.1) is 0 Å². The van der Waals surface area contributed by atoms with E-state index in [2.05, 4.69) is 231 Å². The van der Waals surface area contributed by atoms with E-state index in [1.807, 2.05) is 0 Å². The first-order valence-electron chi connectivity index (χ1n) is 21.9. The zero-order valence-electron chi connectivity index (χ0n) is 35.4. The van der Waals surface area contributed by atoms with E-state index >= 15 is 0 Å². The SMILES string of the molecule is CC1(C)c2ccccc2-c2ccc(-n3c4ccccc4c4cc(-c5ccc6c(c5)c5cc(-c7ccccc7)ccc5n6-c5ccc6c(c5)C(C)(C)c5ccccc5-6)ccc43)cc21. The summed E-state index contributed by atoms with van der Waals surface area (Å²) in [4.78, 5) is 0. The number of hydrogen-bond donors (Lipinski definition) is 0. The summed E-state index contributed by atoms with van der Waals surface area (Å²) in [7, 11) is 0. The summed E-state index contributed by atoms with van der Waals surface area (Å²) in [5, 5.41) is 5.03. The number of benzene rings is 9. The predicted octanol–water partition coefficient (Wildman–Crippen LogP) is 15.8. The minimum atomic E-state index is -0.0842. The minimum absolute atomic E-state index is 0.0690. The molecule has 2 aliphatic carbocycles. The average Bonchev–Trinajstić information content (AvgIpc) is 3.97. The van der Waals surface area contributed by atoms with Gasteiger partial charge in [-0.1, -0.05) is 155 Å². The number of para-hydroxylation sites is 1. The molecular weight excluding hydrogens is 749 g/mol. The van der Waals surface area contributed by atoms with E-state index in [9.17, 15) is 0 Å². The third-order valence-corrected chi connectivity index (χ3v) is 14.5. The number of rotatable bonds is 4. The molecular formula is C60H44N2. The molecule has 2 nitrogen and oxygen atoms in total. The van der Waals surface area contributed by atoms with Gasteiger partial charge in [0, 0.05) is 43.7 Å². The van der Waals surface area contributed by atoms with Crippen LogP contribution in [0.2, 0.25) is 0 Å². The van der Waals surface area contributed by atoms with Crippen LogP contribution in [-0.2, 0) is 10.8 Å². The van der Waals surface area contributed by atoms with Crippen LogP contribution >= 0.6 is 0 Å². The van der Waals surface area contributed by atoms with Crippen LogP contribution < -0.4 is 0 Å². The van der Waals surface area contributed by atoms with Crippen molar-refractivity contribution in [3.05, 3.63) is 216 Å². The van der Waals surface area contributed by atoms with Crippen molar-refractivity contribution in [3.63, 3.8) is 0 Å². The molecule has 0 bridgehead atoms. The lowest BCUT2D eigenvalue weighted by Gasteiger charge is -2.22. The Morgan fingerprint density at radius 1 is 0.274 bits per heavy atom. The summed E-state index contributed by atoms with van der Waals surface area (Å²) in [6.45, 7) is 9.46. The molecule has 11 aromatic rings.